The van der Waals surface area contributed by atoms with Crippen molar-refractivity contribution >= 4 is 20.7 Å². The number of anilines is 2. The molecule has 1 aromatic rings. The number of ether oxygens (including phenoxy) is 1. The Morgan fingerprint density at radius 3 is 1.75 bits per heavy atom. The monoisotopic (exact) mass is 535 g/mol. The van der Waals surface area contributed by atoms with E-state index in [9.17, 15) is 0 Å². The van der Waals surface area contributed by atoms with Gasteiger partial charge in [-0.05, 0) is 41.0 Å². The summed E-state index contributed by atoms with van der Waals surface area (Å²) in [4.78, 5) is 15.8. The lowest BCUT2D eigenvalue weighted by molar-refractivity contribution is 0.0740. The molecule has 10 heteroatoms. The van der Waals surface area contributed by atoms with Crippen molar-refractivity contribution in [2.24, 2.45) is 0 Å². The highest BCUT2D eigenvalue weighted by molar-refractivity contribution is 6.61. The van der Waals surface area contributed by atoms with E-state index in [4.69, 9.17) is 18.0 Å². The van der Waals surface area contributed by atoms with E-state index in [0.29, 0.717) is 50.5 Å². The van der Waals surface area contributed by atoms with E-state index in [1.807, 2.05) is 27.7 Å². The first-order valence-electron chi connectivity index (χ1n) is 12.4. The fourth-order valence-corrected chi connectivity index (χ4v) is 5.62. The summed E-state index contributed by atoms with van der Waals surface area (Å²) in [6, 6.07) is 0.317. The smallest absolute Gasteiger partial charge is 0.464 e. The molecule has 0 radical (unpaired) electrons. The second kappa shape index (κ2) is 25.2. The van der Waals surface area contributed by atoms with Crippen LogP contribution in [0.4, 0.5) is 11.9 Å². The second-order valence-electron chi connectivity index (χ2n) is 7.36. The summed E-state index contributed by atoms with van der Waals surface area (Å²) in [5.74, 6) is 1.06. The maximum atomic E-state index is 5.92. The summed E-state index contributed by atoms with van der Waals surface area (Å²) in [6.07, 6.45) is 7.87. The van der Waals surface area contributed by atoms with E-state index in [2.05, 4.69) is 39.0 Å². The van der Waals surface area contributed by atoms with Gasteiger partial charge < -0.3 is 28.2 Å². The Morgan fingerprint density at radius 2 is 1.25 bits per heavy atom. The van der Waals surface area contributed by atoms with Gasteiger partial charge in [-0.2, -0.15) is 15.0 Å². The molecule has 1 aromatic heterocycles. The minimum atomic E-state index is -2.87. The summed E-state index contributed by atoms with van der Waals surface area (Å²) >= 11 is 0. The van der Waals surface area contributed by atoms with Crippen molar-refractivity contribution in [2.75, 3.05) is 55.9 Å². The van der Waals surface area contributed by atoms with E-state index in [1.54, 1.807) is 0 Å². The summed E-state index contributed by atoms with van der Waals surface area (Å²) in [5, 5.41) is 3.27. The lowest BCUT2D eigenvalue weighted by atomic mass is 10.1. The fraction of sp³-hybridized carbons (Fsp3) is 0.885. The molecule has 218 valence electrons. The lowest BCUT2D eigenvalue weighted by Gasteiger charge is -2.28. The number of aromatic nitrogens is 3. The Kier molecular flexibility index (Phi) is 29.1. The van der Waals surface area contributed by atoms with Gasteiger partial charge in [0.05, 0.1) is 12.8 Å². The summed E-state index contributed by atoms with van der Waals surface area (Å²) in [7, 11) is -2.87. The average molecular weight is 536 g/mol. The highest BCUT2D eigenvalue weighted by Gasteiger charge is 2.40. The Hall–Kier alpha value is -1.49. The van der Waals surface area contributed by atoms with Gasteiger partial charge in [0.15, 0.2) is 0 Å². The van der Waals surface area contributed by atoms with Gasteiger partial charge >= 0.3 is 14.8 Å². The van der Waals surface area contributed by atoms with Gasteiger partial charge in [0.2, 0.25) is 11.9 Å². The van der Waals surface area contributed by atoms with E-state index in [0.717, 1.165) is 19.5 Å². The van der Waals surface area contributed by atoms with Gasteiger partial charge in [0.25, 0.3) is 0 Å². The quantitative estimate of drug-likeness (QED) is 0.140. The maximum Gasteiger partial charge on any atom is 0.521 e. The first-order chi connectivity index (χ1) is 15.6. The van der Waals surface area contributed by atoms with Gasteiger partial charge in [0, 0.05) is 32.9 Å². The molecule has 0 atom stereocenters. The number of unbranched alkanes of at least 4 members (excludes halogenated alkanes) is 5. The molecule has 0 aliphatic rings. The molecule has 1 rings (SSSR count). The topological polar surface area (TPSA) is 90.9 Å². The predicted molar refractivity (Wildman–Crippen MR) is 158 cm³/mol. The van der Waals surface area contributed by atoms with Crippen LogP contribution in [0.1, 0.15) is 110 Å². The van der Waals surface area contributed by atoms with Crippen LogP contribution in [0, 0.1) is 0 Å². The molecule has 0 fully saturated rings. The fourth-order valence-electron chi connectivity index (χ4n) is 3.37. The molecule has 0 bridgehead atoms. The third-order valence-corrected chi connectivity index (χ3v) is 7.67. The van der Waals surface area contributed by atoms with Gasteiger partial charge in [0.1, 0.15) is 0 Å². The van der Waals surface area contributed by atoms with Crippen molar-refractivity contribution in [1.29, 1.82) is 0 Å². The van der Waals surface area contributed by atoms with Crippen LogP contribution in [0.2, 0.25) is 0 Å². The van der Waals surface area contributed by atoms with Crippen molar-refractivity contribution in [2.45, 2.75) is 110 Å². The van der Waals surface area contributed by atoms with Gasteiger partial charge in [-0.3, -0.25) is 0 Å². The number of nitrogens with zero attached hydrogens (tertiary/aromatic N) is 4. The average Bonchev–Trinajstić information content (AvgIpc) is 2.78. The van der Waals surface area contributed by atoms with Crippen molar-refractivity contribution < 1.29 is 18.0 Å². The third kappa shape index (κ3) is 15.6. The minimum Gasteiger partial charge on any atom is -0.464 e. The van der Waals surface area contributed by atoms with Crippen LogP contribution in [-0.4, -0.2) is 69.4 Å². The normalized spacial score (nSPS) is 10.3. The number of hydrogen-bond donors (Lipinski definition) is 1. The molecule has 0 aromatic carbocycles. The third-order valence-electron chi connectivity index (χ3n) is 4.88. The van der Waals surface area contributed by atoms with Gasteiger partial charge in [-0.25, -0.2) is 0 Å². The Morgan fingerprint density at radius 1 is 0.694 bits per heavy atom. The summed E-state index contributed by atoms with van der Waals surface area (Å²) in [6.45, 7) is 15.9. The van der Waals surface area contributed by atoms with Crippen molar-refractivity contribution in [3.63, 3.8) is 0 Å². The van der Waals surface area contributed by atoms with Gasteiger partial charge in [-0.1, -0.05) is 68.7 Å². The SMILES string of the molecule is C.C.C.C.CCCCCCCCN(CC)c1nc(NC[Si](OCC)(OCC)OCC)nc(OCC)n1. The largest absolute Gasteiger partial charge is 0.521 e. The first-order valence-corrected chi connectivity index (χ1v) is 14.3. The first kappa shape index (κ1) is 41.6. The maximum absolute atomic E-state index is 5.92. The molecule has 0 spiro atoms. The summed E-state index contributed by atoms with van der Waals surface area (Å²) in [5.41, 5.74) is 0. The Labute approximate surface area is 225 Å². The zero-order chi connectivity index (χ0) is 23.7. The van der Waals surface area contributed by atoms with Crippen LogP contribution in [0.3, 0.4) is 0 Å². The van der Waals surface area contributed by atoms with E-state index in [-0.39, 0.29) is 29.7 Å². The van der Waals surface area contributed by atoms with Crippen LogP contribution in [0.15, 0.2) is 0 Å². The van der Waals surface area contributed by atoms with E-state index >= 15 is 0 Å². The van der Waals surface area contributed by atoms with Crippen LogP contribution in [0.25, 0.3) is 0 Å². The number of nitrogens with one attached hydrogen (secondary N) is 1. The van der Waals surface area contributed by atoms with Crippen molar-refractivity contribution in [3.8, 4) is 6.01 Å². The number of hydrogen-bond acceptors (Lipinski definition) is 9. The van der Waals surface area contributed by atoms with Crippen molar-refractivity contribution in [1.82, 2.24) is 15.0 Å². The number of rotatable bonds is 20. The van der Waals surface area contributed by atoms with Crippen molar-refractivity contribution in [3.05, 3.63) is 0 Å². The standard InChI is InChI=1S/C22H45N5O4Si.4CH4/c1-7-13-14-15-16-17-18-27(8-2)21-24-20(25-22(26-21)28-9-3)23-19-32(29-10-4,30-11-5)31-12-6;;;;/h7-19H2,1-6H3,(H,23,24,25,26);4*1H4. The van der Waals surface area contributed by atoms with Crippen LogP contribution in [-0.2, 0) is 13.3 Å². The van der Waals surface area contributed by atoms with E-state index < -0.39 is 8.80 Å². The molecule has 0 aliphatic heterocycles. The molecule has 0 amide bonds. The minimum absolute atomic E-state index is 0. The molecule has 0 saturated carbocycles. The van der Waals surface area contributed by atoms with Crippen LogP contribution in [0.5, 0.6) is 6.01 Å². The Bertz CT molecular complexity index is 597. The molecular formula is C26H61N5O4Si. The second-order valence-corrected chi connectivity index (χ2v) is 9.94. The zero-order valence-electron chi connectivity index (χ0n) is 21.1. The molecule has 0 aliphatic carbocycles. The molecule has 9 nitrogen and oxygen atoms in total. The zero-order valence-corrected chi connectivity index (χ0v) is 22.1. The molecule has 0 unspecified atom stereocenters. The molecule has 1 N–H and O–H groups in total. The molecule has 0 saturated heterocycles. The highest BCUT2D eigenvalue weighted by Crippen LogP contribution is 2.18. The van der Waals surface area contributed by atoms with Crippen LogP contribution < -0.4 is 15.0 Å². The molecule has 36 heavy (non-hydrogen) atoms. The lowest BCUT2D eigenvalue weighted by Crippen LogP contribution is -2.52. The summed E-state index contributed by atoms with van der Waals surface area (Å²) < 4.78 is 23.4. The van der Waals surface area contributed by atoms with Gasteiger partial charge in [-0.15, -0.1) is 0 Å². The molecule has 1 heterocycles. The highest BCUT2D eigenvalue weighted by atomic mass is 28.4. The van der Waals surface area contributed by atoms with Crippen LogP contribution >= 0.6 is 0 Å². The Balaban J connectivity index is -0.00000128. The predicted octanol–water partition coefficient (Wildman–Crippen LogP) is 7.00. The molecular weight excluding hydrogens is 474 g/mol. The van der Waals surface area contributed by atoms with E-state index in [1.165, 1.54) is 32.1 Å².